The zero-order valence-electron chi connectivity index (χ0n) is 14.6. The molecule has 0 saturated carbocycles. The number of Topliss-reactive ketones (excluding diaryl/α,β-unsaturated/α-hetero) is 1. The number of ketones is 1. The fourth-order valence-corrected chi connectivity index (χ4v) is 3.98. The van der Waals surface area contributed by atoms with Crippen molar-refractivity contribution >= 4 is 28.8 Å². The fourth-order valence-electron chi connectivity index (χ4n) is 3.28. The highest BCUT2D eigenvalue weighted by molar-refractivity contribution is 7.09. The quantitative estimate of drug-likeness (QED) is 0.403. The minimum Gasteiger partial charge on any atom is -0.508 e. The van der Waals surface area contributed by atoms with E-state index in [4.69, 9.17) is 0 Å². The van der Waals surface area contributed by atoms with Gasteiger partial charge in [-0.05, 0) is 41.3 Å². The first-order valence-electron chi connectivity index (χ1n) is 8.56. The van der Waals surface area contributed by atoms with Crippen LogP contribution in [-0.2, 0) is 16.1 Å². The molecule has 0 aliphatic carbocycles. The van der Waals surface area contributed by atoms with Crippen LogP contribution in [0.5, 0.6) is 5.75 Å². The van der Waals surface area contributed by atoms with E-state index < -0.39 is 17.7 Å². The number of amides is 1. The van der Waals surface area contributed by atoms with Gasteiger partial charge in [0, 0.05) is 22.8 Å². The summed E-state index contributed by atoms with van der Waals surface area (Å²) in [7, 11) is 0. The van der Waals surface area contributed by atoms with Crippen LogP contribution in [0.4, 0.5) is 0 Å². The summed E-state index contributed by atoms with van der Waals surface area (Å²) in [4.78, 5) is 32.0. The van der Waals surface area contributed by atoms with Gasteiger partial charge in [-0.25, -0.2) is 0 Å². The van der Waals surface area contributed by atoms with Crippen molar-refractivity contribution in [3.63, 3.8) is 0 Å². The Balaban J connectivity index is 1.86. The van der Waals surface area contributed by atoms with E-state index in [0.717, 1.165) is 4.88 Å². The highest BCUT2D eigenvalue weighted by Gasteiger charge is 2.46. The molecular formula is C21H16N2O4S. The molecule has 1 saturated heterocycles. The number of phenols is 1. The summed E-state index contributed by atoms with van der Waals surface area (Å²) in [6.07, 6.45) is 3.00. The molecular weight excluding hydrogens is 376 g/mol. The van der Waals surface area contributed by atoms with Gasteiger partial charge in [0.1, 0.15) is 11.5 Å². The lowest BCUT2D eigenvalue weighted by molar-refractivity contribution is -0.140. The van der Waals surface area contributed by atoms with Crippen LogP contribution in [0.15, 0.2) is 71.9 Å². The van der Waals surface area contributed by atoms with Crippen molar-refractivity contribution in [1.29, 1.82) is 0 Å². The van der Waals surface area contributed by atoms with Gasteiger partial charge in [0.05, 0.1) is 18.2 Å². The van der Waals surface area contributed by atoms with Gasteiger partial charge in [0.25, 0.3) is 11.7 Å². The third-order valence-electron chi connectivity index (χ3n) is 4.59. The molecule has 1 unspecified atom stereocenters. The molecule has 4 rings (SSSR count). The maximum atomic E-state index is 12.8. The molecule has 3 heterocycles. The third-order valence-corrected chi connectivity index (χ3v) is 5.45. The van der Waals surface area contributed by atoms with Crippen LogP contribution in [0.25, 0.3) is 5.76 Å². The maximum Gasteiger partial charge on any atom is 0.295 e. The lowest BCUT2D eigenvalue weighted by Crippen LogP contribution is -2.28. The number of likely N-dealkylation sites (tertiary alicyclic amines) is 1. The minimum absolute atomic E-state index is 0.0141. The van der Waals surface area contributed by atoms with Crippen molar-refractivity contribution in [2.45, 2.75) is 12.6 Å². The van der Waals surface area contributed by atoms with Crippen LogP contribution in [0.3, 0.4) is 0 Å². The molecule has 1 aliphatic rings. The second-order valence-electron chi connectivity index (χ2n) is 6.34. The van der Waals surface area contributed by atoms with Crippen LogP contribution in [0.1, 0.15) is 22.0 Å². The summed E-state index contributed by atoms with van der Waals surface area (Å²) in [5, 5.41) is 22.3. The van der Waals surface area contributed by atoms with E-state index in [-0.39, 0.29) is 23.6 Å². The predicted octanol–water partition coefficient (Wildman–Crippen LogP) is 3.47. The van der Waals surface area contributed by atoms with Gasteiger partial charge in [0.2, 0.25) is 0 Å². The van der Waals surface area contributed by atoms with Gasteiger partial charge in [0.15, 0.2) is 0 Å². The number of thiophene rings is 1. The zero-order valence-corrected chi connectivity index (χ0v) is 15.5. The second kappa shape index (κ2) is 7.28. The van der Waals surface area contributed by atoms with Crippen LogP contribution >= 0.6 is 11.3 Å². The molecule has 1 aromatic carbocycles. The van der Waals surface area contributed by atoms with Gasteiger partial charge in [-0.3, -0.25) is 14.6 Å². The van der Waals surface area contributed by atoms with Crippen LogP contribution < -0.4 is 0 Å². The normalized spacial score (nSPS) is 18.6. The molecule has 2 N–H and O–H groups in total. The average Bonchev–Trinajstić information content (AvgIpc) is 3.31. The summed E-state index contributed by atoms with van der Waals surface area (Å²) in [6.45, 7) is 0.248. The molecule has 1 atom stereocenters. The van der Waals surface area contributed by atoms with Gasteiger partial charge < -0.3 is 15.1 Å². The van der Waals surface area contributed by atoms with E-state index in [1.165, 1.54) is 34.6 Å². The van der Waals surface area contributed by atoms with E-state index in [9.17, 15) is 19.8 Å². The lowest BCUT2D eigenvalue weighted by atomic mass is 9.95. The van der Waals surface area contributed by atoms with Gasteiger partial charge in [-0.15, -0.1) is 11.3 Å². The summed E-state index contributed by atoms with van der Waals surface area (Å²) in [5.41, 5.74) is 1.000. The van der Waals surface area contributed by atoms with E-state index in [0.29, 0.717) is 11.1 Å². The van der Waals surface area contributed by atoms with E-state index >= 15 is 0 Å². The summed E-state index contributed by atoms with van der Waals surface area (Å²) >= 11 is 1.48. The highest BCUT2D eigenvalue weighted by atomic mass is 32.1. The monoisotopic (exact) mass is 392 g/mol. The molecule has 1 amide bonds. The van der Waals surface area contributed by atoms with Crippen LogP contribution in [0.2, 0.25) is 0 Å². The summed E-state index contributed by atoms with van der Waals surface area (Å²) in [6, 6.07) is 12.5. The van der Waals surface area contributed by atoms with Crippen LogP contribution in [-0.4, -0.2) is 31.8 Å². The number of nitrogens with zero attached hydrogens (tertiary/aromatic N) is 2. The predicted molar refractivity (Wildman–Crippen MR) is 105 cm³/mol. The molecule has 28 heavy (non-hydrogen) atoms. The average molecular weight is 392 g/mol. The van der Waals surface area contributed by atoms with Crippen molar-refractivity contribution in [1.82, 2.24) is 9.88 Å². The van der Waals surface area contributed by atoms with E-state index in [1.54, 1.807) is 30.5 Å². The fraction of sp³-hybridized carbons (Fsp3) is 0.0952. The number of hydrogen-bond acceptors (Lipinski definition) is 6. The van der Waals surface area contributed by atoms with Gasteiger partial charge in [-0.2, -0.15) is 0 Å². The molecule has 1 aliphatic heterocycles. The number of carbonyl (C=O) groups is 2. The number of phenolic OH excluding ortho intramolecular Hbond substituents is 1. The molecule has 0 radical (unpaired) electrons. The van der Waals surface area contributed by atoms with Gasteiger partial charge >= 0.3 is 0 Å². The number of aliphatic hydroxyl groups is 1. The Morgan fingerprint density at radius 1 is 1.11 bits per heavy atom. The summed E-state index contributed by atoms with van der Waals surface area (Å²) in [5.74, 6) is -1.60. The number of aromatic nitrogens is 1. The standard InChI is InChI=1S/C21H16N2O4S/c24-15-7-5-13(6-8-15)18-17(19(25)14-3-1-9-22-11-14)20(26)21(27)23(18)12-16-4-2-10-28-16/h1-11,18,24-25H,12H2/b19-17+. The van der Waals surface area contributed by atoms with Crippen molar-refractivity contribution in [2.24, 2.45) is 0 Å². The first-order chi connectivity index (χ1) is 13.6. The lowest BCUT2D eigenvalue weighted by Gasteiger charge is -2.25. The molecule has 0 spiro atoms. The van der Waals surface area contributed by atoms with Crippen molar-refractivity contribution < 1.29 is 19.8 Å². The Morgan fingerprint density at radius 2 is 1.89 bits per heavy atom. The molecule has 2 aromatic heterocycles. The van der Waals surface area contributed by atoms with Crippen molar-refractivity contribution in [3.05, 3.63) is 87.9 Å². The number of benzene rings is 1. The smallest absolute Gasteiger partial charge is 0.295 e. The van der Waals surface area contributed by atoms with E-state index in [1.807, 2.05) is 17.5 Å². The van der Waals surface area contributed by atoms with E-state index in [2.05, 4.69) is 4.98 Å². The third kappa shape index (κ3) is 3.16. The summed E-state index contributed by atoms with van der Waals surface area (Å²) < 4.78 is 0. The Bertz CT molecular complexity index is 1040. The first-order valence-corrected chi connectivity index (χ1v) is 9.44. The minimum atomic E-state index is -0.761. The largest absolute Gasteiger partial charge is 0.508 e. The Morgan fingerprint density at radius 3 is 2.54 bits per heavy atom. The second-order valence-corrected chi connectivity index (χ2v) is 7.37. The van der Waals surface area contributed by atoms with Gasteiger partial charge in [-0.1, -0.05) is 18.2 Å². The zero-order chi connectivity index (χ0) is 19.7. The first kappa shape index (κ1) is 17.9. The molecule has 1 fully saturated rings. The molecule has 6 nitrogen and oxygen atoms in total. The number of aromatic hydroxyl groups is 1. The molecule has 0 bridgehead atoms. The van der Waals surface area contributed by atoms with Crippen molar-refractivity contribution in [3.8, 4) is 5.75 Å². The Labute approximate surface area is 165 Å². The SMILES string of the molecule is O=C1C(=O)N(Cc2cccs2)C(c2ccc(O)cc2)/C1=C(\O)c1cccnc1. The van der Waals surface area contributed by atoms with Crippen molar-refractivity contribution in [2.75, 3.05) is 0 Å². The number of aliphatic hydroxyl groups excluding tert-OH is 1. The number of carbonyl (C=O) groups excluding carboxylic acids is 2. The number of rotatable bonds is 4. The molecule has 140 valence electrons. The topological polar surface area (TPSA) is 90.7 Å². The molecule has 7 heteroatoms. The van der Waals surface area contributed by atoms with Crippen LogP contribution in [0, 0.1) is 0 Å². The molecule has 3 aromatic rings. The number of hydrogen-bond donors (Lipinski definition) is 2. The number of pyridine rings is 1. The maximum absolute atomic E-state index is 12.8. The Hall–Kier alpha value is -3.45. The Kier molecular flexibility index (Phi) is 4.67. The highest BCUT2D eigenvalue weighted by Crippen LogP contribution is 2.40.